The third-order valence-corrected chi connectivity index (χ3v) is 7.57. The van der Waals surface area contributed by atoms with Crippen molar-refractivity contribution in [3.8, 4) is 0 Å². The van der Waals surface area contributed by atoms with Crippen molar-refractivity contribution in [2.75, 3.05) is 0 Å². The van der Waals surface area contributed by atoms with Gasteiger partial charge in [-0.2, -0.15) is 0 Å². The molecule has 0 aromatic carbocycles. The van der Waals surface area contributed by atoms with Gasteiger partial charge in [0.1, 0.15) is 5.60 Å². The average molecular weight is 557 g/mol. The third kappa shape index (κ3) is 13.0. The minimum absolute atomic E-state index is 0.0281. The molecule has 1 aromatic heterocycles. The SMILES string of the molecule is CC/C=C(/C=Nc1cc(C(C)(C)C)n(C)c1C)C(=O)CCCCC(CCC(C)(C)C)C(C)CC(=O)OC(C)(C)C. The molecule has 2 atom stereocenters. The predicted octanol–water partition coefficient (Wildman–Crippen LogP) is 9.61. The van der Waals surface area contributed by atoms with E-state index in [1.807, 2.05) is 26.8 Å². The number of esters is 1. The van der Waals surface area contributed by atoms with Crippen molar-refractivity contribution in [3.63, 3.8) is 0 Å². The van der Waals surface area contributed by atoms with E-state index in [1.54, 1.807) is 6.21 Å². The van der Waals surface area contributed by atoms with Crippen LogP contribution in [0.15, 0.2) is 22.7 Å². The summed E-state index contributed by atoms with van der Waals surface area (Å²) < 4.78 is 7.79. The summed E-state index contributed by atoms with van der Waals surface area (Å²) in [7, 11) is 2.08. The Balaban J connectivity index is 2.82. The highest BCUT2D eigenvalue weighted by Gasteiger charge is 2.25. The molecule has 5 heteroatoms. The summed E-state index contributed by atoms with van der Waals surface area (Å²) in [5, 5.41) is 0. The van der Waals surface area contributed by atoms with Gasteiger partial charge in [-0.05, 0) is 76.7 Å². The zero-order chi connectivity index (χ0) is 30.9. The monoisotopic (exact) mass is 556 g/mol. The van der Waals surface area contributed by atoms with Crippen LogP contribution in [0.4, 0.5) is 5.69 Å². The predicted molar refractivity (Wildman–Crippen MR) is 171 cm³/mol. The quantitative estimate of drug-likeness (QED) is 0.0992. The molecule has 0 amide bonds. The highest BCUT2D eigenvalue weighted by atomic mass is 16.6. The van der Waals surface area contributed by atoms with Gasteiger partial charge in [-0.25, -0.2) is 0 Å². The average Bonchev–Trinajstić information content (AvgIpc) is 3.07. The summed E-state index contributed by atoms with van der Waals surface area (Å²) in [6.45, 7) is 25.5. The Hall–Kier alpha value is -2.17. The van der Waals surface area contributed by atoms with Crippen LogP contribution in [0.25, 0.3) is 0 Å². The van der Waals surface area contributed by atoms with Gasteiger partial charge in [0.25, 0.3) is 0 Å². The number of ether oxygens (including phenoxy) is 1. The van der Waals surface area contributed by atoms with Gasteiger partial charge in [0, 0.05) is 48.5 Å². The van der Waals surface area contributed by atoms with E-state index in [1.165, 1.54) is 5.69 Å². The molecule has 228 valence electrons. The molecule has 1 rings (SSSR count). The molecular weight excluding hydrogens is 496 g/mol. The Kier molecular flexibility index (Phi) is 13.6. The standard InChI is InChI=1S/C35H60N2O3/c1-14-17-28(24-36-29-23-31(34(7,8)9)37(13)26(29)3)30(38)19-16-15-18-27(20-21-33(4,5)6)25(2)22-32(39)40-35(10,11)12/h17,23-25,27H,14-16,18-22H2,1-13H3/b28-17-,36-24?. The zero-order valence-corrected chi connectivity index (χ0v) is 28.2. The first-order valence-electron chi connectivity index (χ1n) is 15.4. The van der Waals surface area contributed by atoms with Crippen molar-refractivity contribution in [1.82, 2.24) is 4.57 Å². The first-order chi connectivity index (χ1) is 18.2. The fraction of sp³-hybridized carbons (Fsp3) is 0.743. The van der Waals surface area contributed by atoms with Gasteiger partial charge >= 0.3 is 5.97 Å². The van der Waals surface area contributed by atoms with Crippen molar-refractivity contribution < 1.29 is 14.3 Å². The molecule has 0 aliphatic rings. The molecule has 0 radical (unpaired) electrons. The van der Waals surface area contributed by atoms with E-state index in [0.29, 0.717) is 24.3 Å². The minimum Gasteiger partial charge on any atom is -0.460 e. The number of unbranched alkanes of at least 4 members (excludes halogenated alkanes) is 1. The first kappa shape index (κ1) is 35.9. The van der Waals surface area contributed by atoms with E-state index in [0.717, 1.165) is 49.9 Å². The van der Waals surface area contributed by atoms with E-state index >= 15 is 0 Å². The number of rotatable bonds is 14. The van der Waals surface area contributed by atoms with Crippen LogP contribution in [-0.2, 0) is 26.8 Å². The van der Waals surface area contributed by atoms with E-state index < -0.39 is 5.60 Å². The smallest absolute Gasteiger partial charge is 0.306 e. The highest BCUT2D eigenvalue weighted by Crippen LogP contribution is 2.33. The second-order valence-electron chi connectivity index (χ2n) is 14.9. The van der Waals surface area contributed by atoms with Gasteiger partial charge in [0.15, 0.2) is 5.78 Å². The van der Waals surface area contributed by atoms with Crippen LogP contribution in [0, 0.1) is 24.2 Å². The molecule has 2 unspecified atom stereocenters. The minimum atomic E-state index is -0.459. The summed E-state index contributed by atoms with van der Waals surface area (Å²) in [6, 6.07) is 2.13. The van der Waals surface area contributed by atoms with Crippen LogP contribution in [-0.4, -0.2) is 28.1 Å². The lowest BCUT2D eigenvalue weighted by Crippen LogP contribution is -2.26. The molecule has 0 aliphatic carbocycles. The fourth-order valence-electron chi connectivity index (χ4n) is 5.11. The van der Waals surface area contributed by atoms with Crippen molar-refractivity contribution in [3.05, 3.63) is 29.1 Å². The van der Waals surface area contributed by atoms with Crippen molar-refractivity contribution in [2.45, 2.75) is 145 Å². The molecule has 0 bridgehead atoms. The second-order valence-corrected chi connectivity index (χ2v) is 14.9. The number of carbonyl (C=O) groups excluding carboxylic acids is 2. The maximum Gasteiger partial charge on any atom is 0.306 e. The van der Waals surface area contributed by atoms with E-state index in [9.17, 15) is 9.59 Å². The van der Waals surface area contributed by atoms with Crippen LogP contribution >= 0.6 is 0 Å². The number of Topliss-reactive ketones (excluding diaryl/α,β-unsaturated/α-hetero) is 1. The molecule has 0 saturated carbocycles. The Labute approximate surface area is 246 Å². The molecule has 0 saturated heterocycles. The number of allylic oxidation sites excluding steroid dienone is 2. The Morgan fingerprint density at radius 3 is 2.15 bits per heavy atom. The van der Waals surface area contributed by atoms with Gasteiger partial charge in [0.05, 0.1) is 5.69 Å². The number of hydrogen-bond acceptors (Lipinski definition) is 4. The molecule has 0 fully saturated rings. The molecular formula is C35H60N2O3. The highest BCUT2D eigenvalue weighted by molar-refractivity contribution is 6.13. The Bertz CT molecular complexity index is 1020. The maximum absolute atomic E-state index is 13.2. The number of ketones is 1. The van der Waals surface area contributed by atoms with Crippen molar-refractivity contribution in [2.24, 2.45) is 29.3 Å². The van der Waals surface area contributed by atoms with Crippen molar-refractivity contribution >= 4 is 23.7 Å². The lowest BCUT2D eigenvalue weighted by Gasteiger charge is -2.28. The molecule has 1 aromatic rings. The van der Waals surface area contributed by atoms with Crippen LogP contribution in [0.1, 0.15) is 139 Å². The summed E-state index contributed by atoms with van der Waals surface area (Å²) in [5.41, 5.74) is 3.77. The number of carbonyl (C=O) groups is 2. The van der Waals surface area contributed by atoms with Gasteiger partial charge in [-0.15, -0.1) is 0 Å². The second kappa shape index (κ2) is 15.2. The molecule has 1 heterocycles. The van der Waals surface area contributed by atoms with E-state index in [4.69, 9.17) is 9.73 Å². The Morgan fingerprint density at radius 1 is 1.02 bits per heavy atom. The molecule has 0 spiro atoms. The van der Waals surface area contributed by atoms with E-state index in [-0.39, 0.29) is 28.5 Å². The van der Waals surface area contributed by atoms with Crippen LogP contribution in [0.2, 0.25) is 0 Å². The molecule has 40 heavy (non-hydrogen) atoms. The Morgan fingerprint density at radius 2 is 1.65 bits per heavy atom. The van der Waals surface area contributed by atoms with Crippen molar-refractivity contribution in [1.29, 1.82) is 0 Å². The number of aromatic nitrogens is 1. The number of aliphatic imine (C=N–C) groups is 1. The summed E-state index contributed by atoms with van der Waals surface area (Å²) >= 11 is 0. The third-order valence-electron chi connectivity index (χ3n) is 7.57. The van der Waals surface area contributed by atoms with Gasteiger partial charge in [-0.1, -0.05) is 74.3 Å². The fourth-order valence-corrected chi connectivity index (χ4v) is 5.11. The topological polar surface area (TPSA) is 60.7 Å². The van der Waals surface area contributed by atoms with Crippen LogP contribution < -0.4 is 0 Å². The van der Waals surface area contributed by atoms with Gasteiger partial charge in [0.2, 0.25) is 0 Å². The lowest BCUT2D eigenvalue weighted by molar-refractivity contribution is -0.156. The van der Waals surface area contributed by atoms with Crippen LogP contribution in [0.5, 0.6) is 0 Å². The first-order valence-corrected chi connectivity index (χ1v) is 15.4. The molecule has 0 N–H and O–H groups in total. The normalized spacial score (nSPS) is 15.0. The van der Waals surface area contributed by atoms with Gasteiger partial charge < -0.3 is 9.30 Å². The maximum atomic E-state index is 13.2. The molecule has 5 nitrogen and oxygen atoms in total. The summed E-state index contributed by atoms with van der Waals surface area (Å²) in [5.74, 6) is 0.728. The van der Waals surface area contributed by atoms with Gasteiger partial charge in [-0.3, -0.25) is 14.6 Å². The van der Waals surface area contributed by atoms with E-state index in [2.05, 4.69) is 80.0 Å². The largest absolute Gasteiger partial charge is 0.460 e. The van der Waals surface area contributed by atoms with Crippen LogP contribution in [0.3, 0.4) is 0 Å². The molecule has 0 aliphatic heterocycles. The summed E-state index contributed by atoms with van der Waals surface area (Å²) in [6.07, 6.45) is 10.6. The number of hydrogen-bond donors (Lipinski definition) is 0. The number of nitrogens with zero attached hydrogens (tertiary/aromatic N) is 2. The summed E-state index contributed by atoms with van der Waals surface area (Å²) in [4.78, 5) is 30.4. The zero-order valence-electron chi connectivity index (χ0n) is 28.2. The lowest BCUT2D eigenvalue weighted by atomic mass is 9.79.